The molecule has 6 rings (SSSR count). The molecule has 1 saturated heterocycles. The molecule has 0 aliphatic carbocycles. The zero-order valence-corrected chi connectivity index (χ0v) is 27.2. The van der Waals surface area contributed by atoms with Gasteiger partial charge in [0.15, 0.2) is 0 Å². The zero-order valence-electron chi connectivity index (χ0n) is 26.4. The van der Waals surface area contributed by atoms with Crippen molar-refractivity contribution in [1.82, 2.24) is 9.80 Å². The fourth-order valence-corrected chi connectivity index (χ4v) is 6.10. The molecule has 0 saturated carbocycles. The molecule has 2 aliphatic heterocycles. The molecule has 0 aromatic heterocycles. The summed E-state index contributed by atoms with van der Waals surface area (Å²) >= 11 is 6.37. The lowest BCUT2D eigenvalue weighted by Gasteiger charge is -2.34. The van der Waals surface area contributed by atoms with Gasteiger partial charge in [0.05, 0.1) is 11.4 Å². The third kappa shape index (κ3) is 7.06. The van der Waals surface area contributed by atoms with Crippen LogP contribution in [0.5, 0.6) is 0 Å². The van der Waals surface area contributed by atoms with Crippen LogP contribution in [0.15, 0.2) is 91.0 Å². The van der Waals surface area contributed by atoms with Crippen molar-refractivity contribution in [1.29, 1.82) is 0 Å². The number of hydrogen-bond acceptors (Lipinski definition) is 5. The highest BCUT2D eigenvalue weighted by molar-refractivity contribution is 6.31. The van der Waals surface area contributed by atoms with E-state index in [9.17, 15) is 19.2 Å². The van der Waals surface area contributed by atoms with E-state index in [2.05, 4.69) is 10.2 Å². The van der Waals surface area contributed by atoms with Crippen molar-refractivity contribution < 1.29 is 19.2 Å². The molecule has 1 fully saturated rings. The number of rotatable bonds is 6. The maximum Gasteiger partial charge on any atom is 0.258 e. The van der Waals surface area contributed by atoms with Gasteiger partial charge in [-0.1, -0.05) is 59.6 Å². The summed E-state index contributed by atoms with van der Waals surface area (Å²) < 4.78 is 0. The highest BCUT2D eigenvalue weighted by atomic mass is 35.5. The molecule has 9 nitrogen and oxygen atoms in total. The Labute approximate surface area is 279 Å². The Bertz CT molecular complexity index is 1820. The molecule has 4 amide bonds. The average molecular weight is 650 g/mol. The van der Waals surface area contributed by atoms with Crippen molar-refractivity contribution in [3.8, 4) is 11.1 Å². The monoisotopic (exact) mass is 649 g/mol. The number of likely N-dealkylation sites (N-methyl/N-ethyl adjacent to an activating group) is 1. The van der Waals surface area contributed by atoms with Crippen molar-refractivity contribution in [3.63, 3.8) is 0 Å². The van der Waals surface area contributed by atoms with E-state index in [1.807, 2.05) is 56.4 Å². The first-order valence-electron chi connectivity index (χ1n) is 15.6. The number of anilines is 3. The van der Waals surface area contributed by atoms with Crippen LogP contribution in [0.3, 0.4) is 0 Å². The molecule has 2 heterocycles. The summed E-state index contributed by atoms with van der Waals surface area (Å²) in [6.45, 7) is 4.77. The Morgan fingerprint density at radius 2 is 1.51 bits per heavy atom. The second-order valence-corrected chi connectivity index (χ2v) is 12.4. The van der Waals surface area contributed by atoms with Gasteiger partial charge in [-0.15, -0.1) is 0 Å². The lowest BCUT2D eigenvalue weighted by atomic mass is 9.98. The number of carbonyl (C=O) groups excluding carboxylic acids is 4. The summed E-state index contributed by atoms with van der Waals surface area (Å²) in [6.07, 6.45) is 0.0442. The molecule has 0 radical (unpaired) electrons. The standard InChI is InChI=1S/C37H36ClN5O4/c1-25-7-9-26(10-8-25)30-5-3-4-6-31(30)36(46)39-29-14-11-27(12-15-29)37(47)42-18-17-34(44)43(33-23-28(38)13-16-32(33)42)24-35(45)41-21-19-40(2)20-22-41/h3-16,23H,17-22,24H2,1-2H3,(H,39,46). The van der Waals surface area contributed by atoms with E-state index in [0.29, 0.717) is 46.3 Å². The summed E-state index contributed by atoms with van der Waals surface area (Å²) in [4.78, 5) is 60.8. The van der Waals surface area contributed by atoms with Crippen molar-refractivity contribution in [2.24, 2.45) is 0 Å². The Balaban J connectivity index is 1.20. The second-order valence-electron chi connectivity index (χ2n) is 11.9. The number of amides is 4. The van der Waals surface area contributed by atoms with Gasteiger partial charge < -0.3 is 24.9 Å². The largest absolute Gasteiger partial charge is 0.339 e. The van der Waals surface area contributed by atoms with Gasteiger partial charge in [-0.2, -0.15) is 0 Å². The third-order valence-electron chi connectivity index (χ3n) is 8.69. The molecular weight excluding hydrogens is 614 g/mol. The zero-order chi connectivity index (χ0) is 33.1. The first-order valence-corrected chi connectivity index (χ1v) is 16.0. The normalized spacial score (nSPS) is 15.2. The summed E-state index contributed by atoms with van der Waals surface area (Å²) in [7, 11) is 2.01. The predicted molar refractivity (Wildman–Crippen MR) is 185 cm³/mol. The van der Waals surface area contributed by atoms with E-state index < -0.39 is 0 Å². The lowest BCUT2D eigenvalue weighted by molar-refractivity contribution is -0.132. The Morgan fingerprint density at radius 1 is 0.809 bits per heavy atom. The molecule has 2 aliphatic rings. The molecule has 0 spiro atoms. The molecule has 10 heteroatoms. The van der Waals surface area contributed by atoms with Crippen LogP contribution in [-0.2, 0) is 9.59 Å². The maximum atomic E-state index is 13.9. The highest BCUT2D eigenvalue weighted by Crippen LogP contribution is 2.36. The summed E-state index contributed by atoms with van der Waals surface area (Å²) in [5.41, 5.74) is 5.30. The third-order valence-corrected chi connectivity index (χ3v) is 8.92. The number of aryl methyl sites for hydroxylation is 1. The Hall–Kier alpha value is -4.99. The average Bonchev–Trinajstić information content (AvgIpc) is 3.21. The smallest absolute Gasteiger partial charge is 0.258 e. The van der Waals surface area contributed by atoms with Gasteiger partial charge in [0.25, 0.3) is 11.8 Å². The van der Waals surface area contributed by atoms with Crippen LogP contribution in [-0.4, -0.2) is 79.7 Å². The number of fused-ring (bicyclic) bond motifs is 1. The number of halogens is 1. The highest BCUT2D eigenvalue weighted by Gasteiger charge is 2.32. The molecule has 240 valence electrons. The van der Waals surface area contributed by atoms with Gasteiger partial charge in [-0.05, 0) is 73.6 Å². The van der Waals surface area contributed by atoms with Crippen LogP contribution in [0.25, 0.3) is 11.1 Å². The molecule has 0 atom stereocenters. The van der Waals surface area contributed by atoms with E-state index in [4.69, 9.17) is 11.6 Å². The van der Waals surface area contributed by atoms with E-state index in [0.717, 1.165) is 29.8 Å². The number of nitrogens with one attached hydrogen (secondary N) is 1. The summed E-state index contributed by atoms with van der Waals surface area (Å²) in [5.74, 6) is -0.967. The summed E-state index contributed by atoms with van der Waals surface area (Å²) in [6, 6.07) is 27.1. The van der Waals surface area contributed by atoms with Gasteiger partial charge in [0.1, 0.15) is 6.54 Å². The van der Waals surface area contributed by atoms with E-state index in [1.165, 1.54) is 4.90 Å². The van der Waals surface area contributed by atoms with Crippen LogP contribution >= 0.6 is 11.6 Å². The van der Waals surface area contributed by atoms with Crippen LogP contribution in [0.2, 0.25) is 5.02 Å². The van der Waals surface area contributed by atoms with Gasteiger partial charge in [-0.3, -0.25) is 19.2 Å². The molecule has 1 N–H and O–H groups in total. The quantitative estimate of drug-likeness (QED) is 0.288. The van der Waals surface area contributed by atoms with Crippen molar-refractivity contribution >= 4 is 52.3 Å². The number of carbonyl (C=O) groups is 4. The number of benzene rings is 4. The molecular formula is C37H36ClN5O4. The van der Waals surface area contributed by atoms with Crippen LogP contribution < -0.4 is 15.1 Å². The fraction of sp³-hybridized carbons (Fsp3) is 0.243. The topological polar surface area (TPSA) is 93.3 Å². The first-order chi connectivity index (χ1) is 22.7. The van der Waals surface area contributed by atoms with Crippen LogP contribution in [0, 0.1) is 6.92 Å². The maximum absolute atomic E-state index is 13.9. The van der Waals surface area contributed by atoms with Gasteiger partial charge in [0, 0.05) is 61.0 Å². The summed E-state index contributed by atoms with van der Waals surface area (Å²) in [5, 5.41) is 3.34. The predicted octanol–water partition coefficient (Wildman–Crippen LogP) is 5.73. The van der Waals surface area contributed by atoms with Crippen molar-refractivity contribution in [3.05, 3.63) is 113 Å². The number of hydrogen-bond donors (Lipinski definition) is 1. The van der Waals surface area contributed by atoms with Crippen LogP contribution in [0.1, 0.15) is 32.7 Å². The minimum atomic E-state index is -0.309. The van der Waals surface area contributed by atoms with Gasteiger partial charge in [-0.25, -0.2) is 0 Å². The lowest BCUT2D eigenvalue weighted by Crippen LogP contribution is -2.50. The van der Waals surface area contributed by atoms with Crippen LogP contribution in [0.4, 0.5) is 17.1 Å². The molecule has 0 unspecified atom stereocenters. The van der Waals surface area contributed by atoms with E-state index in [1.54, 1.807) is 58.3 Å². The van der Waals surface area contributed by atoms with Crippen molar-refractivity contribution in [2.45, 2.75) is 13.3 Å². The Kier molecular flexibility index (Phi) is 9.38. The molecule has 4 aromatic rings. The second kappa shape index (κ2) is 13.8. The minimum absolute atomic E-state index is 0.0442. The molecule has 47 heavy (non-hydrogen) atoms. The fourth-order valence-electron chi connectivity index (χ4n) is 5.93. The minimum Gasteiger partial charge on any atom is -0.339 e. The van der Waals surface area contributed by atoms with E-state index in [-0.39, 0.29) is 43.1 Å². The van der Waals surface area contributed by atoms with Gasteiger partial charge in [0.2, 0.25) is 11.8 Å². The number of piperazine rings is 1. The molecule has 0 bridgehead atoms. The SMILES string of the molecule is Cc1ccc(-c2ccccc2C(=O)Nc2ccc(C(=O)N3CCC(=O)N(CC(=O)N4CCN(C)CC4)c4cc(Cl)ccc43)cc2)cc1. The number of nitrogens with zero attached hydrogens (tertiary/aromatic N) is 4. The van der Waals surface area contributed by atoms with E-state index >= 15 is 0 Å². The first kappa shape index (κ1) is 32.0. The van der Waals surface area contributed by atoms with Gasteiger partial charge >= 0.3 is 0 Å². The van der Waals surface area contributed by atoms with Crippen molar-refractivity contribution in [2.75, 3.05) is 61.4 Å². The molecule has 4 aromatic carbocycles. The Morgan fingerprint density at radius 3 is 2.23 bits per heavy atom.